The molecule has 0 unspecified atom stereocenters. The molecule has 0 amide bonds. The first kappa shape index (κ1) is 17.7. The van der Waals surface area contributed by atoms with Crippen LogP contribution in [0.4, 0.5) is 0 Å². The Labute approximate surface area is 56.8 Å². The first-order valence-corrected chi connectivity index (χ1v) is 1.13. The quantitative estimate of drug-likeness (QED) is 0.384. The second kappa shape index (κ2) is 24.0. The molecular formula is CH3ClZn2. The normalized spacial score (nSPS) is 1.50. The first-order chi connectivity index (χ1) is 1.00. The Balaban J connectivity index is -0.00000000500. The molecule has 0 aromatic heterocycles. The smallest absolute Gasteiger partial charge is 0.0108 e. The van der Waals surface area contributed by atoms with Gasteiger partial charge in [0.25, 0.3) is 0 Å². The van der Waals surface area contributed by atoms with Gasteiger partial charge in [-0.25, -0.2) is 0 Å². The molecule has 0 bridgehead atoms. The number of hydrogen-bond acceptors (Lipinski definition) is 0. The van der Waals surface area contributed by atoms with Crippen molar-refractivity contribution >= 4 is 11.6 Å². The fourth-order valence-electron chi connectivity index (χ4n) is 0. The molecule has 0 saturated heterocycles. The van der Waals surface area contributed by atoms with Crippen molar-refractivity contribution in [1.82, 2.24) is 0 Å². The maximum atomic E-state index is 4.64. The van der Waals surface area contributed by atoms with Crippen molar-refractivity contribution in [2.45, 2.75) is 0 Å². The zero-order valence-corrected chi connectivity index (χ0v) is 9.48. The molecule has 4 heavy (non-hydrogen) atoms. The van der Waals surface area contributed by atoms with Crippen LogP contribution >= 0.6 is 11.6 Å². The minimum atomic E-state index is 0. The van der Waals surface area contributed by atoms with Crippen LogP contribution in [0.2, 0.25) is 0 Å². The largest absolute Gasteiger partial charge is 0.130 e. The van der Waals surface area contributed by atoms with Crippen molar-refractivity contribution in [2.24, 2.45) is 0 Å². The summed E-state index contributed by atoms with van der Waals surface area (Å²) in [4.78, 5) is 0. The molecule has 0 radical (unpaired) electrons. The fraction of sp³-hybridized carbons (Fsp3) is 1.00. The summed E-state index contributed by atoms with van der Waals surface area (Å²) in [6.07, 6.45) is 1.47. The van der Waals surface area contributed by atoms with Crippen molar-refractivity contribution in [3.8, 4) is 0 Å². The van der Waals surface area contributed by atoms with Crippen LogP contribution in [0.5, 0.6) is 0 Å². The molecule has 0 fully saturated rings. The van der Waals surface area contributed by atoms with Crippen molar-refractivity contribution in [3.05, 3.63) is 0 Å². The predicted molar refractivity (Wildman–Crippen MR) is 11.8 cm³/mol. The number of rotatable bonds is 0. The summed E-state index contributed by atoms with van der Waals surface area (Å²) in [5.41, 5.74) is 0. The summed E-state index contributed by atoms with van der Waals surface area (Å²) < 4.78 is 0. The van der Waals surface area contributed by atoms with Gasteiger partial charge >= 0.3 is 0 Å². The fourth-order valence-corrected chi connectivity index (χ4v) is 0. The molecule has 0 aliphatic carbocycles. The van der Waals surface area contributed by atoms with Gasteiger partial charge in [0.15, 0.2) is 0 Å². The van der Waals surface area contributed by atoms with E-state index in [2.05, 4.69) is 11.6 Å². The van der Waals surface area contributed by atoms with E-state index >= 15 is 0 Å². The maximum absolute atomic E-state index is 4.64. The molecule has 0 rings (SSSR count). The van der Waals surface area contributed by atoms with Gasteiger partial charge in [-0.05, 0) is 0 Å². The number of halogens is 1. The maximum Gasteiger partial charge on any atom is 0.0108 e. The van der Waals surface area contributed by atoms with E-state index in [1.165, 1.54) is 6.38 Å². The van der Waals surface area contributed by atoms with Gasteiger partial charge in [-0.1, -0.05) is 0 Å². The first-order valence-electron chi connectivity index (χ1n) is 0.378. The third-order valence-corrected chi connectivity index (χ3v) is 0. The van der Waals surface area contributed by atoms with E-state index in [0.717, 1.165) is 0 Å². The van der Waals surface area contributed by atoms with Gasteiger partial charge in [-0.3, -0.25) is 0 Å². The molecule has 0 aliphatic heterocycles. The van der Waals surface area contributed by atoms with Gasteiger partial charge < -0.3 is 0 Å². The van der Waals surface area contributed by atoms with Gasteiger partial charge in [0.1, 0.15) is 0 Å². The molecule has 0 aromatic rings. The van der Waals surface area contributed by atoms with Crippen molar-refractivity contribution in [2.75, 3.05) is 6.38 Å². The minimum absolute atomic E-state index is 0. The summed E-state index contributed by atoms with van der Waals surface area (Å²) in [6, 6.07) is 0. The second-order valence-electron chi connectivity index (χ2n) is 0. The van der Waals surface area contributed by atoms with Crippen molar-refractivity contribution in [3.63, 3.8) is 0 Å². The Kier molecular flexibility index (Phi) is 106. The Morgan fingerprint density at radius 2 is 1.00 bits per heavy atom. The Morgan fingerprint density at radius 1 is 1.00 bits per heavy atom. The topological polar surface area (TPSA) is 0 Å². The zero-order chi connectivity index (χ0) is 2.00. The van der Waals surface area contributed by atoms with E-state index in [4.69, 9.17) is 0 Å². The summed E-state index contributed by atoms with van der Waals surface area (Å²) in [5, 5.41) is 0. The monoisotopic (exact) mass is 178 g/mol. The van der Waals surface area contributed by atoms with Crippen LogP contribution in [-0.2, 0) is 39.0 Å². The summed E-state index contributed by atoms with van der Waals surface area (Å²) in [7, 11) is 0. The molecule has 0 atom stereocenters. The van der Waals surface area contributed by atoms with Gasteiger partial charge in [-0.15, -0.1) is 11.6 Å². The third kappa shape index (κ3) is 9.64. The van der Waals surface area contributed by atoms with Gasteiger partial charge in [0, 0.05) is 45.3 Å². The summed E-state index contributed by atoms with van der Waals surface area (Å²) >= 11 is 4.64. The van der Waals surface area contributed by atoms with Gasteiger partial charge in [0.05, 0.1) is 0 Å². The number of alkyl halides is 1. The van der Waals surface area contributed by atoms with Gasteiger partial charge in [-0.2, -0.15) is 0 Å². The van der Waals surface area contributed by atoms with Crippen molar-refractivity contribution < 1.29 is 39.0 Å². The Hall–Kier alpha value is 1.54. The number of hydrogen-bond donors (Lipinski definition) is 0. The Bertz CT molecular complexity index is 6.00. The molecule has 0 aliphatic rings. The average Bonchev–Trinajstić information content (AvgIpc) is 1.00. The Morgan fingerprint density at radius 3 is 1.00 bits per heavy atom. The molecule has 3 heteroatoms. The second-order valence-corrected chi connectivity index (χ2v) is 0. The van der Waals surface area contributed by atoms with Crippen molar-refractivity contribution in [1.29, 1.82) is 0 Å². The van der Waals surface area contributed by atoms with E-state index in [1.54, 1.807) is 0 Å². The summed E-state index contributed by atoms with van der Waals surface area (Å²) in [6.45, 7) is 0. The predicted octanol–water partition coefficient (Wildman–Crippen LogP) is 0.850. The van der Waals surface area contributed by atoms with E-state index < -0.39 is 0 Å². The molecule has 0 aromatic carbocycles. The van der Waals surface area contributed by atoms with Crippen LogP contribution in [0.25, 0.3) is 0 Å². The minimum Gasteiger partial charge on any atom is -0.130 e. The van der Waals surface area contributed by atoms with E-state index in [1.807, 2.05) is 0 Å². The van der Waals surface area contributed by atoms with Gasteiger partial charge in [0.2, 0.25) is 0 Å². The SMILES string of the molecule is CCl.[Zn].[Zn]. The van der Waals surface area contributed by atoms with Crippen LogP contribution in [0.1, 0.15) is 0 Å². The van der Waals surface area contributed by atoms with Crippen LogP contribution in [0.3, 0.4) is 0 Å². The van der Waals surface area contributed by atoms with Crippen LogP contribution < -0.4 is 0 Å². The molecular weight excluding hydrogens is 178 g/mol. The summed E-state index contributed by atoms with van der Waals surface area (Å²) in [5.74, 6) is 0. The van der Waals surface area contributed by atoms with Crippen LogP contribution in [0, 0.1) is 0 Å². The molecule has 0 nitrogen and oxygen atoms in total. The van der Waals surface area contributed by atoms with E-state index in [-0.39, 0.29) is 39.0 Å². The van der Waals surface area contributed by atoms with E-state index in [0.29, 0.717) is 0 Å². The third-order valence-electron chi connectivity index (χ3n) is 0. The molecule has 0 saturated carbocycles. The molecule has 0 spiro atoms. The standard InChI is InChI=1S/CH3Cl.2Zn/c1-2;;/h1H3;;. The molecule has 0 N–H and O–H groups in total. The zero-order valence-electron chi connectivity index (χ0n) is 2.79. The van der Waals surface area contributed by atoms with E-state index in [9.17, 15) is 0 Å². The van der Waals surface area contributed by atoms with Crippen LogP contribution in [0.15, 0.2) is 0 Å². The van der Waals surface area contributed by atoms with Crippen LogP contribution in [-0.4, -0.2) is 6.38 Å². The molecule has 18 valence electrons. The molecule has 0 heterocycles. The average molecular weight is 181 g/mol.